The molecule has 2 N–H and O–H groups in total. The number of hydrogen-bond acceptors (Lipinski definition) is 6. The van der Waals surface area contributed by atoms with Gasteiger partial charge in [0.25, 0.3) is 0 Å². The number of methoxy groups -OCH3 is 1. The quantitative estimate of drug-likeness (QED) is 0.379. The molecule has 6 rings (SSSR count). The minimum Gasteiger partial charge on any atom is -0.495 e. The van der Waals surface area contributed by atoms with Gasteiger partial charge in [-0.05, 0) is 30.3 Å². The summed E-state index contributed by atoms with van der Waals surface area (Å²) in [5.74, 6) is 0.677. The normalized spacial score (nSPS) is 11.4. The number of ether oxygens (including phenoxy) is 1. The molecule has 6 heterocycles. The van der Waals surface area contributed by atoms with E-state index in [0.717, 1.165) is 60.6 Å². The van der Waals surface area contributed by atoms with Gasteiger partial charge < -0.3 is 9.72 Å². The van der Waals surface area contributed by atoms with Gasteiger partial charge in [0, 0.05) is 50.9 Å². The van der Waals surface area contributed by atoms with Crippen LogP contribution in [0.25, 0.3) is 54.9 Å². The van der Waals surface area contributed by atoms with Crippen molar-refractivity contribution in [3.63, 3.8) is 0 Å². The third-order valence-electron chi connectivity index (χ3n) is 5.35. The molecule has 0 aliphatic heterocycles. The van der Waals surface area contributed by atoms with Crippen LogP contribution >= 0.6 is 11.3 Å². The minimum atomic E-state index is -0.224. The minimum absolute atomic E-state index is 0.224. The Balaban J connectivity index is 1.49. The first kappa shape index (κ1) is 18.6. The Hall–Kier alpha value is -4.11. The van der Waals surface area contributed by atoms with E-state index < -0.39 is 0 Å². The first-order valence-corrected chi connectivity index (χ1v) is 10.6. The second-order valence-electron chi connectivity index (χ2n) is 7.24. The number of hydrogen-bond donors (Lipinski definition) is 2. The smallest absolute Gasteiger partial charge is 0.181 e. The number of fused-ring (bicyclic) bond motifs is 2. The van der Waals surface area contributed by atoms with Gasteiger partial charge >= 0.3 is 0 Å². The van der Waals surface area contributed by atoms with Gasteiger partial charge in [-0.3, -0.25) is 15.1 Å². The van der Waals surface area contributed by atoms with E-state index in [1.807, 2.05) is 18.2 Å². The Morgan fingerprint density at radius 2 is 1.81 bits per heavy atom. The molecule has 0 saturated heterocycles. The second kappa shape index (κ2) is 7.24. The molecule has 0 fully saturated rings. The predicted molar refractivity (Wildman–Crippen MR) is 122 cm³/mol. The third kappa shape index (κ3) is 3.02. The highest BCUT2D eigenvalue weighted by molar-refractivity contribution is 7.14. The fraction of sp³-hybridized carbons (Fsp3) is 0.0435. The Labute approximate surface area is 185 Å². The SMILES string of the molecule is COc1cncc(-c2cnc3n[nH]c(-c4cc5c(-c6ccc(F)s6)cncc5[nH]4)c3c2)c1. The van der Waals surface area contributed by atoms with Crippen LogP contribution in [0.15, 0.2) is 61.3 Å². The summed E-state index contributed by atoms with van der Waals surface area (Å²) in [6, 6.07) is 9.20. The van der Waals surface area contributed by atoms with Gasteiger partial charge in [0.2, 0.25) is 0 Å². The average molecular weight is 442 g/mol. The number of aromatic amines is 2. The van der Waals surface area contributed by atoms with Crippen molar-refractivity contribution < 1.29 is 9.13 Å². The van der Waals surface area contributed by atoms with Crippen LogP contribution in [0.2, 0.25) is 0 Å². The Morgan fingerprint density at radius 1 is 0.938 bits per heavy atom. The molecule has 32 heavy (non-hydrogen) atoms. The molecule has 0 radical (unpaired) electrons. The molecule has 7 nitrogen and oxygen atoms in total. The zero-order valence-corrected chi connectivity index (χ0v) is 17.6. The van der Waals surface area contributed by atoms with E-state index in [2.05, 4.69) is 30.1 Å². The summed E-state index contributed by atoms with van der Waals surface area (Å²) in [5, 5.41) is 9.06. The maximum Gasteiger partial charge on any atom is 0.181 e. The number of nitrogens with one attached hydrogen (secondary N) is 2. The van der Waals surface area contributed by atoms with Crippen molar-refractivity contribution in [1.29, 1.82) is 0 Å². The van der Waals surface area contributed by atoms with Crippen molar-refractivity contribution in [2.45, 2.75) is 0 Å². The van der Waals surface area contributed by atoms with Crippen molar-refractivity contribution in [2.24, 2.45) is 0 Å². The Bertz CT molecular complexity index is 1600. The lowest BCUT2D eigenvalue weighted by atomic mass is 10.1. The van der Waals surface area contributed by atoms with E-state index in [9.17, 15) is 4.39 Å². The Morgan fingerprint density at radius 3 is 2.66 bits per heavy atom. The largest absolute Gasteiger partial charge is 0.495 e. The van der Waals surface area contributed by atoms with Gasteiger partial charge in [-0.1, -0.05) is 0 Å². The highest BCUT2D eigenvalue weighted by Gasteiger charge is 2.16. The van der Waals surface area contributed by atoms with Crippen LogP contribution in [0.5, 0.6) is 5.75 Å². The molecule has 0 aliphatic carbocycles. The van der Waals surface area contributed by atoms with E-state index in [1.54, 1.807) is 44.2 Å². The first-order valence-electron chi connectivity index (χ1n) is 9.76. The summed E-state index contributed by atoms with van der Waals surface area (Å²) in [7, 11) is 1.61. The zero-order valence-electron chi connectivity index (χ0n) is 16.8. The summed E-state index contributed by atoms with van der Waals surface area (Å²) in [6.45, 7) is 0. The zero-order chi connectivity index (χ0) is 21.7. The summed E-state index contributed by atoms with van der Waals surface area (Å²) in [5.41, 5.74) is 5.80. The van der Waals surface area contributed by atoms with Crippen LogP contribution in [0.4, 0.5) is 4.39 Å². The van der Waals surface area contributed by atoms with E-state index >= 15 is 0 Å². The van der Waals surface area contributed by atoms with Gasteiger partial charge in [0.15, 0.2) is 10.8 Å². The Kier molecular flexibility index (Phi) is 4.22. The maximum atomic E-state index is 13.6. The molecular weight excluding hydrogens is 427 g/mol. The first-order chi connectivity index (χ1) is 15.7. The molecule has 0 spiro atoms. The second-order valence-corrected chi connectivity index (χ2v) is 8.28. The molecule has 0 saturated carbocycles. The predicted octanol–water partition coefficient (Wildman–Crippen LogP) is 5.44. The number of pyridine rings is 3. The fourth-order valence-corrected chi connectivity index (χ4v) is 4.55. The molecular formula is C23H15FN6OS. The highest BCUT2D eigenvalue weighted by atomic mass is 32.1. The molecule has 9 heteroatoms. The van der Waals surface area contributed by atoms with E-state index in [-0.39, 0.29) is 5.13 Å². The van der Waals surface area contributed by atoms with Crippen LogP contribution in [-0.4, -0.2) is 37.2 Å². The van der Waals surface area contributed by atoms with Gasteiger partial charge in [-0.2, -0.15) is 9.49 Å². The van der Waals surface area contributed by atoms with Crippen molar-refractivity contribution >= 4 is 33.3 Å². The van der Waals surface area contributed by atoms with Crippen LogP contribution in [-0.2, 0) is 0 Å². The van der Waals surface area contributed by atoms with Crippen molar-refractivity contribution in [3.05, 3.63) is 66.4 Å². The fourth-order valence-electron chi connectivity index (χ4n) is 3.79. The lowest BCUT2D eigenvalue weighted by Gasteiger charge is -2.04. The van der Waals surface area contributed by atoms with Gasteiger partial charge in [-0.25, -0.2) is 4.98 Å². The standard InChI is InChI=1S/C23H15FN6OS/c1-31-14-4-12(7-25-9-14)13-5-16-22(29-30-23(16)27-8-13)18-6-15-17(10-26-11-19(15)28-18)20-2-3-21(24)32-20/h2-11,28H,1H3,(H,27,29,30). The van der Waals surface area contributed by atoms with E-state index in [0.29, 0.717) is 11.4 Å². The topological polar surface area (TPSA) is 92.4 Å². The number of nitrogens with zero attached hydrogens (tertiary/aromatic N) is 4. The molecule has 0 bridgehead atoms. The molecule has 0 amide bonds. The summed E-state index contributed by atoms with van der Waals surface area (Å²) >= 11 is 1.10. The number of H-pyrrole nitrogens is 2. The summed E-state index contributed by atoms with van der Waals surface area (Å²) in [4.78, 5) is 17.3. The monoisotopic (exact) mass is 442 g/mol. The van der Waals surface area contributed by atoms with Crippen LogP contribution in [0.1, 0.15) is 0 Å². The lowest BCUT2D eigenvalue weighted by Crippen LogP contribution is -1.87. The number of halogens is 1. The molecule has 156 valence electrons. The number of thiophene rings is 1. The molecule has 0 atom stereocenters. The van der Waals surface area contributed by atoms with E-state index in [4.69, 9.17) is 4.74 Å². The van der Waals surface area contributed by atoms with Crippen molar-refractivity contribution in [2.75, 3.05) is 7.11 Å². The van der Waals surface area contributed by atoms with Crippen LogP contribution < -0.4 is 4.74 Å². The summed E-state index contributed by atoms with van der Waals surface area (Å²) in [6.07, 6.45) is 8.71. The van der Waals surface area contributed by atoms with Gasteiger partial charge in [0.1, 0.15) is 5.75 Å². The molecule has 0 unspecified atom stereocenters. The van der Waals surface area contributed by atoms with Crippen molar-refractivity contribution in [1.82, 2.24) is 30.1 Å². The lowest BCUT2D eigenvalue weighted by molar-refractivity contribution is 0.413. The van der Waals surface area contributed by atoms with Gasteiger partial charge in [0.05, 0.1) is 36.4 Å². The van der Waals surface area contributed by atoms with E-state index in [1.165, 1.54) is 6.07 Å². The summed E-state index contributed by atoms with van der Waals surface area (Å²) < 4.78 is 18.9. The number of aromatic nitrogens is 6. The number of rotatable bonds is 4. The highest BCUT2D eigenvalue weighted by Crippen LogP contribution is 2.36. The maximum absolute atomic E-state index is 13.6. The molecule has 6 aromatic heterocycles. The van der Waals surface area contributed by atoms with Gasteiger partial charge in [-0.15, -0.1) is 11.3 Å². The molecule has 6 aromatic rings. The van der Waals surface area contributed by atoms with Crippen LogP contribution in [0.3, 0.4) is 0 Å². The van der Waals surface area contributed by atoms with Crippen molar-refractivity contribution in [3.8, 4) is 38.7 Å². The average Bonchev–Trinajstić information content (AvgIpc) is 3.55. The molecule has 0 aromatic carbocycles. The third-order valence-corrected chi connectivity index (χ3v) is 6.25. The molecule has 0 aliphatic rings. The van der Waals surface area contributed by atoms with Crippen LogP contribution in [0, 0.1) is 5.13 Å².